The molecule has 0 bridgehead atoms. The maximum atomic E-state index is 12.0. The molecule has 0 unspecified atom stereocenters. The van der Waals surface area contributed by atoms with E-state index < -0.39 is 0 Å². The molecule has 0 spiro atoms. The fourth-order valence-electron chi connectivity index (χ4n) is 2.14. The van der Waals surface area contributed by atoms with Gasteiger partial charge in [0.2, 0.25) is 11.8 Å². The molecule has 0 saturated carbocycles. The minimum Gasteiger partial charge on any atom is -0.384 e. The molecule has 2 aromatic rings. The molecule has 2 rings (SSSR count). The minimum absolute atomic E-state index is 0.0713. The summed E-state index contributed by atoms with van der Waals surface area (Å²) < 4.78 is 0.983. The van der Waals surface area contributed by atoms with E-state index in [4.69, 9.17) is 0 Å². The Morgan fingerprint density at radius 2 is 1.62 bits per heavy atom. The Kier molecular flexibility index (Phi) is 6.37. The number of hydrogen-bond donors (Lipinski definition) is 3. The molecule has 0 atom stereocenters. The number of amides is 2. The van der Waals surface area contributed by atoms with Crippen molar-refractivity contribution < 1.29 is 9.59 Å². The summed E-state index contributed by atoms with van der Waals surface area (Å²) >= 11 is 3.50. The van der Waals surface area contributed by atoms with E-state index in [2.05, 4.69) is 31.9 Å². The van der Waals surface area contributed by atoms with Crippen molar-refractivity contribution >= 4 is 44.8 Å². The second-order valence-electron chi connectivity index (χ2n) is 5.47. The van der Waals surface area contributed by atoms with E-state index in [1.807, 2.05) is 25.1 Å². The number of carbonyl (C=O) groups excluding carboxylic acids is 2. The van der Waals surface area contributed by atoms with Crippen LogP contribution in [-0.4, -0.2) is 18.4 Å². The molecule has 0 aliphatic carbocycles. The van der Waals surface area contributed by atoms with Gasteiger partial charge in [-0.1, -0.05) is 6.07 Å². The summed E-state index contributed by atoms with van der Waals surface area (Å²) in [6.45, 7) is 4.02. The van der Waals surface area contributed by atoms with Gasteiger partial charge in [-0.05, 0) is 64.8 Å². The summed E-state index contributed by atoms with van der Waals surface area (Å²) in [6, 6.07) is 13.0. The van der Waals surface area contributed by atoms with Crippen molar-refractivity contribution in [3.05, 3.63) is 52.5 Å². The van der Waals surface area contributed by atoms with Crippen molar-refractivity contribution in [2.45, 2.75) is 20.3 Å². The zero-order valence-electron chi connectivity index (χ0n) is 13.7. The highest BCUT2D eigenvalue weighted by Gasteiger charge is 2.04. The summed E-state index contributed by atoms with van der Waals surface area (Å²) in [5, 5.41) is 8.74. The van der Waals surface area contributed by atoms with E-state index in [1.165, 1.54) is 12.5 Å². The molecule has 126 valence electrons. The Morgan fingerprint density at radius 1 is 1.00 bits per heavy atom. The van der Waals surface area contributed by atoms with Crippen molar-refractivity contribution in [2.24, 2.45) is 0 Å². The van der Waals surface area contributed by atoms with Gasteiger partial charge in [0.1, 0.15) is 0 Å². The molecule has 5 nitrogen and oxygen atoms in total. The quantitative estimate of drug-likeness (QED) is 0.694. The molecule has 6 heteroatoms. The monoisotopic (exact) mass is 389 g/mol. The molecule has 0 saturated heterocycles. The molecular formula is C18H20BrN3O2. The Hall–Kier alpha value is -2.34. The van der Waals surface area contributed by atoms with Crippen LogP contribution in [0.3, 0.4) is 0 Å². The molecule has 0 radical (unpaired) electrons. The second-order valence-corrected chi connectivity index (χ2v) is 6.32. The lowest BCUT2D eigenvalue weighted by Crippen LogP contribution is -2.16. The average Bonchev–Trinajstić information content (AvgIpc) is 2.51. The number of anilines is 3. The number of aryl methyl sites for hydroxylation is 1. The highest BCUT2D eigenvalue weighted by molar-refractivity contribution is 9.10. The first-order chi connectivity index (χ1) is 11.4. The van der Waals surface area contributed by atoms with Gasteiger partial charge in [0.05, 0.1) is 0 Å². The van der Waals surface area contributed by atoms with Crippen LogP contribution in [0.15, 0.2) is 46.9 Å². The molecule has 3 N–H and O–H groups in total. The third-order valence-corrected chi connectivity index (χ3v) is 3.94. The molecule has 0 aromatic heterocycles. The zero-order valence-corrected chi connectivity index (χ0v) is 15.2. The van der Waals surface area contributed by atoms with Gasteiger partial charge in [0.15, 0.2) is 0 Å². The average molecular weight is 390 g/mol. The zero-order chi connectivity index (χ0) is 17.5. The molecule has 0 aliphatic rings. The van der Waals surface area contributed by atoms with Crippen LogP contribution >= 0.6 is 15.9 Å². The number of hydrogen-bond acceptors (Lipinski definition) is 3. The van der Waals surface area contributed by atoms with Crippen molar-refractivity contribution in [2.75, 3.05) is 22.5 Å². The van der Waals surface area contributed by atoms with Crippen LogP contribution < -0.4 is 16.0 Å². The van der Waals surface area contributed by atoms with Gasteiger partial charge in [-0.15, -0.1) is 0 Å². The Labute approximate surface area is 150 Å². The summed E-state index contributed by atoms with van der Waals surface area (Å²) in [4.78, 5) is 22.9. The SMILES string of the molecule is CC(=O)Nc1ccc(NC(=O)CCNc2ccc(C)cc2Br)cc1. The highest BCUT2D eigenvalue weighted by Crippen LogP contribution is 2.23. The van der Waals surface area contributed by atoms with Crippen LogP contribution in [-0.2, 0) is 9.59 Å². The molecule has 0 fully saturated rings. The fourth-order valence-corrected chi connectivity index (χ4v) is 2.77. The minimum atomic E-state index is -0.125. The summed E-state index contributed by atoms with van der Waals surface area (Å²) in [6.07, 6.45) is 0.355. The summed E-state index contributed by atoms with van der Waals surface area (Å²) in [7, 11) is 0. The summed E-state index contributed by atoms with van der Waals surface area (Å²) in [5.41, 5.74) is 3.54. The smallest absolute Gasteiger partial charge is 0.226 e. The van der Waals surface area contributed by atoms with Gasteiger partial charge >= 0.3 is 0 Å². The maximum Gasteiger partial charge on any atom is 0.226 e. The summed E-state index contributed by atoms with van der Waals surface area (Å²) in [5.74, 6) is -0.196. The number of nitrogens with one attached hydrogen (secondary N) is 3. The van der Waals surface area contributed by atoms with Gasteiger partial charge in [0, 0.05) is 41.4 Å². The van der Waals surface area contributed by atoms with E-state index in [-0.39, 0.29) is 11.8 Å². The lowest BCUT2D eigenvalue weighted by atomic mass is 10.2. The maximum absolute atomic E-state index is 12.0. The van der Waals surface area contributed by atoms with Gasteiger partial charge in [-0.25, -0.2) is 0 Å². The number of rotatable bonds is 6. The number of benzene rings is 2. The van der Waals surface area contributed by atoms with Crippen molar-refractivity contribution in [3.8, 4) is 0 Å². The highest BCUT2D eigenvalue weighted by atomic mass is 79.9. The van der Waals surface area contributed by atoms with Crippen molar-refractivity contribution in [1.82, 2.24) is 0 Å². The molecule has 24 heavy (non-hydrogen) atoms. The van der Waals surface area contributed by atoms with Crippen LogP contribution in [0.2, 0.25) is 0 Å². The predicted molar refractivity (Wildman–Crippen MR) is 101 cm³/mol. The van der Waals surface area contributed by atoms with E-state index >= 15 is 0 Å². The molecule has 0 heterocycles. The van der Waals surface area contributed by atoms with Crippen molar-refractivity contribution in [1.29, 1.82) is 0 Å². The van der Waals surface area contributed by atoms with Crippen LogP contribution in [0.4, 0.5) is 17.1 Å². The Morgan fingerprint density at radius 3 is 2.21 bits per heavy atom. The topological polar surface area (TPSA) is 70.2 Å². The van der Waals surface area contributed by atoms with E-state index in [9.17, 15) is 9.59 Å². The van der Waals surface area contributed by atoms with E-state index in [0.29, 0.717) is 24.3 Å². The molecule has 2 aromatic carbocycles. The van der Waals surface area contributed by atoms with Gasteiger partial charge in [-0.3, -0.25) is 9.59 Å². The standard InChI is InChI=1S/C18H20BrN3O2/c1-12-3-8-17(16(19)11-12)20-10-9-18(24)22-15-6-4-14(5-7-15)21-13(2)23/h3-8,11,20H,9-10H2,1-2H3,(H,21,23)(H,22,24). The molecule has 2 amide bonds. The molecular weight excluding hydrogens is 370 g/mol. The van der Waals surface area contributed by atoms with E-state index in [0.717, 1.165) is 10.2 Å². The lowest BCUT2D eigenvalue weighted by Gasteiger charge is -2.10. The molecule has 0 aliphatic heterocycles. The third kappa shape index (κ3) is 5.70. The second kappa shape index (κ2) is 8.49. The first-order valence-corrected chi connectivity index (χ1v) is 8.41. The number of halogens is 1. The van der Waals surface area contributed by atoms with Crippen LogP contribution in [0.25, 0.3) is 0 Å². The normalized spacial score (nSPS) is 10.1. The largest absolute Gasteiger partial charge is 0.384 e. The third-order valence-electron chi connectivity index (χ3n) is 3.28. The van der Waals surface area contributed by atoms with Crippen LogP contribution in [0.1, 0.15) is 18.9 Å². The lowest BCUT2D eigenvalue weighted by molar-refractivity contribution is -0.116. The first kappa shape index (κ1) is 18.0. The van der Waals surface area contributed by atoms with Crippen LogP contribution in [0, 0.1) is 6.92 Å². The number of carbonyl (C=O) groups is 2. The Balaban J connectivity index is 1.79. The predicted octanol–water partition coefficient (Wildman–Crippen LogP) is 4.16. The van der Waals surface area contributed by atoms with Crippen molar-refractivity contribution in [3.63, 3.8) is 0 Å². The fraction of sp³-hybridized carbons (Fsp3) is 0.222. The van der Waals surface area contributed by atoms with Gasteiger partial charge in [-0.2, -0.15) is 0 Å². The first-order valence-electron chi connectivity index (χ1n) is 7.61. The van der Waals surface area contributed by atoms with Gasteiger partial charge < -0.3 is 16.0 Å². The van der Waals surface area contributed by atoms with Crippen LogP contribution in [0.5, 0.6) is 0 Å². The van der Waals surface area contributed by atoms with Gasteiger partial charge in [0.25, 0.3) is 0 Å². The Bertz CT molecular complexity index is 730. The van der Waals surface area contributed by atoms with E-state index in [1.54, 1.807) is 24.3 Å².